The molecule has 0 radical (unpaired) electrons. The molecular weight excluding hydrogens is 218 g/mol. The van der Waals surface area contributed by atoms with Crippen molar-refractivity contribution in [2.45, 2.75) is 33.4 Å². The fourth-order valence-corrected chi connectivity index (χ4v) is 1.90. The van der Waals surface area contributed by atoms with E-state index in [2.05, 4.69) is 20.8 Å². The number of hydrogen-bond acceptors (Lipinski definition) is 1. The molecule has 0 aliphatic carbocycles. The SMILES string of the molecule is CCC[N+](CC)(CC)C1CO1.[Br-]. The number of quaternary nitrogens is 1. The highest BCUT2D eigenvalue weighted by Gasteiger charge is 2.43. The predicted octanol–water partition coefficient (Wildman–Crippen LogP) is -1.39. The topological polar surface area (TPSA) is 12.5 Å². The van der Waals surface area contributed by atoms with Crippen LogP contribution in [0, 0.1) is 0 Å². The highest BCUT2D eigenvalue weighted by Crippen LogP contribution is 2.24. The van der Waals surface area contributed by atoms with Crippen LogP contribution < -0.4 is 17.0 Å². The van der Waals surface area contributed by atoms with E-state index in [-0.39, 0.29) is 17.0 Å². The number of halogens is 1. The van der Waals surface area contributed by atoms with Crippen LogP contribution in [0.2, 0.25) is 0 Å². The first kappa shape index (κ1) is 12.4. The summed E-state index contributed by atoms with van der Waals surface area (Å²) in [6.07, 6.45) is 1.80. The van der Waals surface area contributed by atoms with E-state index in [1.165, 1.54) is 30.5 Å². The van der Waals surface area contributed by atoms with Crippen LogP contribution in [0.4, 0.5) is 0 Å². The third-order valence-electron chi connectivity index (χ3n) is 2.86. The van der Waals surface area contributed by atoms with Gasteiger partial charge < -0.3 is 21.7 Å². The van der Waals surface area contributed by atoms with Gasteiger partial charge in [-0.25, -0.2) is 0 Å². The van der Waals surface area contributed by atoms with Crippen molar-refractivity contribution in [2.24, 2.45) is 0 Å². The standard InChI is InChI=1S/C9H20NO.BrH/c1-4-7-10(5-2,6-3)9-8-11-9;/h9H,4-8H2,1-3H3;1H/q+1;/p-1. The number of ether oxygens (including phenoxy) is 1. The van der Waals surface area contributed by atoms with E-state index in [9.17, 15) is 0 Å². The Morgan fingerprint density at radius 1 is 1.25 bits per heavy atom. The Morgan fingerprint density at radius 3 is 2.00 bits per heavy atom. The van der Waals surface area contributed by atoms with Crippen molar-refractivity contribution in [3.63, 3.8) is 0 Å². The number of nitrogens with zero attached hydrogens (tertiary/aromatic N) is 1. The molecule has 1 fully saturated rings. The van der Waals surface area contributed by atoms with E-state index in [4.69, 9.17) is 4.74 Å². The first-order valence-corrected chi connectivity index (χ1v) is 4.76. The van der Waals surface area contributed by atoms with Crippen molar-refractivity contribution in [1.29, 1.82) is 0 Å². The van der Waals surface area contributed by atoms with Gasteiger partial charge in [0.2, 0.25) is 6.23 Å². The summed E-state index contributed by atoms with van der Waals surface area (Å²) >= 11 is 0. The van der Waals surface area contributed by atoms with Gasteiger partial charge in [0, 0.05) is 0 Å². The van der Waals surface area contributed by atoms with Crippen LogP contribution in [-0.4, -0.2) is 37.0 Å². The maximum atomic E-state index is 5.38. The minimum absolute atomic E-state index is 0. The molecule has 0 saturated carbocycles. The van der Waals surface area contributed by atoms with Crippen LogP contribution in [0.3, 0.4) is 0 Å². The van der Waals surface area contributed by atoms with Gasteiger partial charge in [-0.3, -0.25) is 4.48 Å². The third-order valence-corrected chi connectivity index (χ3v) is 2.86. The molecule has 0 aromatic rings. The molecule has 0 aromatic heterocycles. The maximum absolute atomic E-state index is 5.38. The lowest BCUT2D eigenvalue weighted by atomic mass is 10.3. The Morgan fingerprint density at radius 2 is 1.75 bits per heavy atom. The Balaban J connectivity index is 0.00000121. The summed E-state index contributed by atoms with van der Waals surface area (Å²) in [7, 11) is 0. The molecule has 1 heterocycles. The predicted molar refractivity (Wildman–Crippen MR) is 46.2 cm³/mol. The zero-order chi connectivity index (χ0) is 8.32. The molecule has 0 aromatic carbocycles. The van der Waals surface area contributed by atoms with Crippen molar-refractivity contribution >= 4 is 0 Å². The minimum atomic E-state index is 0. The second-order valence-electron chi connectivity index (χ2n) is 3.36. The maximum Gasteiger partial charge on any atom is 0.217 e. The number of hydrogen-bond donors (Lipinski definition) is 0. The molecule has 0 amide bonds. The average Bonchev–Trinajstić information content (AvgIpc) is 2.83. The molecule has 12 heavy (non-hydrogen) atoms. The molecule has 1 atom stereocenters. The molecule has 1 unspecified atom stereocenters. The molecule has 0 spiro atoms. The van der Waals surface area contributed by atoms with Gasteiger partial charge >= 0.3 is 0 Å². The van der Waals surface area contributed by atoms with Crippen LogP contribution in [0.5, 0.6) is 0 Å². The van der Waals surface area contributed by atoms with E-state index in [0.717, 1.165) is 6.61 Å². The number of likely N-dealkylation sites (N-methyl/N-ethyl adjacent to an activating group) is 1. The normalized spacial score (nSPS) is 21.8. The fourth-order valence-electron chi connectivity index (χ4n) is 1.90. The molecule has 2 nitrogen and oxygen atoms in total. The molecule has 1 saturated heterocycles. The first-order valence-electron chi connectivity index (χ1n) is 4.76. The van der Waals surface area contributed by atoms with Crippen LogP contribution in [-0.2, 0) is 4.74 Å². The van der Waals surface area contributed by atoms with Crippen LogP contribution in [0.25, 0.3) is 0 Å². The van der Waals surface area contributed by atoms with Crippen molar-refractivity contribution in [3.8, 4) is 0 Å². The van der Waals surface area contributed by atoms with E-state index in [0.29, 0.717) is 6.23 Å². The largest absolute Gasteiger partial charge is 1.00 e. The first-order chi connectivity index (χ1) is 5.29. The van der Waals surface area contributed by atoms with Gasteiger partial charge in [-0.1, -0.05) is 6.92 Å². The summed E-state index contributed by atoms with van der Waals surface area (Å²) in [5, 5.41) is 0. The van der Waals surface area contributed by atoms with Gasteiger partial charge in [-0.05, 0) is 20.3 Å². The van der Waals surface area contributed by atoms with Gasteiger partial charge in [-0.15, -0.1) is 0 Å². The van der Waals surface area contributed by atoms with Crippen molar-refractivity contribution < 1.29 is 26.2 Å². The summed E-state index contributed by atoms with van der Waals surface area (Å²) < 4.78 is 6.56. The minimum Gasteiger partial charge on any atom is -1.00 e. The smallest absolute Gasteiger partial charge is 0.217 e. The number of epoxide rings is 1. The number of rotatable bonds is 5. The summed E-state index contributed by atoms with van der Waals surface area (Å²) in [5.41, 5.74) is 0. The fraction of sp³-hybridized carbons (Fsp3) is 1.00. The second-order valence-corrected chi connectivity index (χ2v) is 3.36. The van der Waals surface area contributed by atoms with Crippen LogP contribution >= 0.6 is 0 Å². The lowest BCUT2D eigenvalue weighted by Gasteiger charge is -2.34. The van der Waals surface area contributed by atoms with E-state index < -0.39 is 0 Å². The lowest BCUT2D eigenvalue weighted by molar-refractivity contribution is -0.944. The van der Waals surface area contributed by atoms with Gasteiger partial charge in [0.25, 0.3) is 0 Å². The molecule has 1 aliphatic rings. The van der Waals surface area contributed by atoms with E-state index in [1.54, 1.807) is 0 Å². The van der Waals surface area contributed by atoms with Crippen LogP contribution in [0.15, 0.2) is 0 Å². The highest BCUT2D eigenvalue weighted by atomic mass is 79.9. The Bertz CT molecular complexity index is 122. The Hall–Kier alpha value is 0.400. The summed E-state index contributed by atoms with van der Waals surface area (Å²) in [4.78, 5) is 0. The molecule has 0 N–H and O–H groups in total. The molecule has 1 aliphatic heterocycles. The average molecular weight is 238 g/mol. The zero-order valence-electron chi connectivity index (χ0n) is 8.35. The summed E-state index contributed by atoms with van der Waals surface area (Å²) in [5.74, 6) is 0. The zero-order valence-corrected chi connectivity index (χ0v) is 9.93. The van der Waals surface area contributed by atoms with Gasteiger partial charge in [-0.2, -0.15) is 0 Å². The van der Waals surface area contributed by atoms with Crippen LogP contribution in [0.1, 0.15) is 27.2 Å². The molecule has 3 heteroatoms. The highest BCUT2D eigenvalue weighted by molar-refractivity contribution is 4.59. The van der Waals surface area contributed by atoms with Crippen molar-refractivity contribution in [2.75, 3.05) is 26.2 Å². The molecule has 1 rings (SSSR count). The molecule has 74 valence electrons. The summed E-state index contributed by atoms with van der Waals surface area (Å²) in [6.45, 7) is 11.5. The van der Waals surface area contributed by atoms with Gasteiger partial charge in [0.05, 0.1) is 19.6 Å². The van der Waals surface area contributed by atoms with Crippen molar-refractivity contribution in [1.82, 2.24) is 0 Å². The Labute approximate surface area is 86.2 Å². The molecule has 0 bridgehead atoms. The monoisotopic (exact) mass is 237 g/mol. The van der Waals surface area contributed by atoms with Crippen molar-refractivity contribution in [3.05, 3.63) is 0 Å². The van der Waals surface area contributed by atoms with E-state index >= 15 is 0 Å². The Kier molecular flexibility index (Phi) is 5.37. The quantitative estimate of drug-likeness (QED) is 0.424. The van der Waals surface area contributed by atoms with Gasteiger partial charge in [0.15, 0.2) is 0 Å². The molecular formula is C9H20BrNO. The summed E-state index contributed by atoms with van der Waals surface area (Å²) in [6, 6.07) is 0. The van der Waals surface area contributed by atoms with Gasteiger partial charge in [0.1, 0.15) is 6.61 Å². The lowest BCUT2D eigenvalue weighted by Crippen LogP contribution is -3.00. The van der Waals surface area contributed by atoms with E-state index in [1.807, 2.05) is 0 Å². The second kappa shape index (κ2) is 5.20. The third kappa shape index (κ3) is 2.44.